The highest BCUT2D eigenvalue weighted by Gasteiger charge is 2.21. The van der Waals surface area contributed by atoms with Crippen molar-refractivity contribution in [3.8, 4) is 0 Å². The molecule has 17 heavy (non-hydrogen) atoms. The number of benzene rings is 1. The van der Waals surface area contributed by atoms with E-state index in [9.17, 15) is 0 Å². The highest BCUT2D eigenvalue weighted by Crippen LogP contribution is 2.33. The molecule has 1 atom stereocenters. The fraction of sp³-hybridized carbons (Fsp3) is 0.571. The van der Waals surface area contributed by atoms with E-state index in [4.69, 9.17) is 16.7 Å². The van der Waals surface area contributed by atoms with Crippen LogP contribution in [0.25, 0.3) is 0 Å². The Kier molecular flexibility index (Phi) is 4.43. The predicted octanol–water partition coefficient (Wildman–Crippen LogP) is 2.68. The first-order valence-corrected chi connectivity index (χ1v) is 6.66. The van der Waals surface area contributed by atoms with Gasteiger partial charge < -0.3 is 10.0 Å². The van der Waals surface area contributed by atoms with Crippen LogP contribution in [-0.2, 0) is 6.42 Å². The molecule has 3 heteroatoms. The van der Waals surface area contributed by atoms with E-state index in [1.165, 1.54) is 30.4 Å². The summed E-state index contributed by atoms with van der Waals surface area (Å²) in [7, 11) is 2.06. The van der Waals surface area contributed by atoms with Crippen LogP contribution in [0.5, 0.6) is 0 Å². The Hall–Kier alpha value is -0.570. The van der Waals surface area contributed by atoms with Crippen molar-refractivity contribution in [2.24, 2.45) is 0 Å². The molecule has 0 fully saturated rings. The smallest absolute Gasteiger partial charge is 0.0558 e. The van der Waals surface area contributed by atoms with E-state index in [1.54, 1.807) is 0 Å². The Morgan fingerprint density at radius 2 is 2.29 bits per heavy atom. The second-order valence-electron chi connectivity index (χ2n) is 4.92. The number of aliphatic hydroxyl groups is 1. The monoisotopic (exact) mass is 253 g/mol. The summed E-state index contributed by atoms with van der Waals surface area (Å²) in [6, 6.07) is 6.27. The summed E-state index contributed by atoms with van der Waals surface area (Å²) < 4.78 is 0. The Morgan fingerprint density at radius 1 is 1.47 bits per heavy atom. The number of hydrogen-bond acceptors (Lipinski definition) is 2. The predicted molar refractivity (Wildman–Crippen MR) is 71.7 cm³/mol. The average molecular weight is 254 g/mol. The molecular formula is C14H20ClNO. The van der Waals surface area contributed by atoms with Crippen LogP contribution in [0.3, 0.4) is 0 Å². The second-order valence-corrected chi connectivity index (χ2v) is 5.35. The zero-order valence-electron chi connectivity index (χ0n) is 10.3. The number of likely N-dealkylation sites (N-methyl/N-ethyl adjacent to an activating group) is 1. The minimum absolute atomic E-state index is 0.228. The van der Waals surface area contributed by atoms with Crippen molar-refractivity contribution in [3.63, 3.8) is 0 Å². The molecule has 0 saturated heterocycles. The van der Waals surface area contributed by atoms with Gasteiger partial charge >= 0.3 is 0 Å². The van der Waals surface area contributed by atoms with Crippen LogP contribution >= 0.6 is 11.6 Å². The molecule has 0 saturated carbocycles. The van der Waals surface area contributed by atoms with Gasteiger partial charge in [-0.3, -0.25) is 0 Å². The van der Waals surface area contributed by atoms with Gasteiger partial charge in [0.05, 0.1) is 6.61 Å². The maximum Gasteiger partial charge on any atom is 0.0558 e. The number of halogens is 1. The van der Waals surface area contributed by atoms with E-state index in [0.717, 1.165) is 18.1 Å². The van der Waals surface area contributed by atoms with Gasteiger partial charge in [0.1, 0.15) is 0 Å². The van der Waals surface area contributed by atoms with Crippen LogP contribution < -0.4 is 0 Å². The van der Waals surface area contributed by atoms with Gasteiger partial charge in [-0.2, -0.15) is 0 Å². The molecule has 0 radical (unpaired) electrons. The molecule has 1 aromatic carbocycles. The van der Waals surface area contributed by atoms with Gasteiger partial charge in [-0.1, -0.05) is 17.7 Å². The summed E-state index contributed by atoms with van der Waals surface area (Å²) in [4.78, 5) is 2.20. The van der Waals surface area contributed by atoms with E-state index in [2.05, 4.69) is 24.1 Å². The lowest BCUT2D eigenvalue weighted by molar-refractivity contribution is 0.211. The van der Waals surface area contributed by atoms with Gasteiger partial charge in [-0.25, -0.2) is 0 Å². The van der Waals surface area contributed by atoms with Gasteiger partial charge in [0.25, 0.3) is 0 Å². The fourth-order valence-electron chi connectivity index (χ4n) is 2.70. The first kappa shape index (κ1) is 12.9. The lowest BCUT2D eigenvalue weighted by Gasteiger charge is -2.29. The molecule has 0 unspecified atom stereocenters. The Bertz CT molecular complexity index is 380. The molecule has 2 rings (SSSR count). The third kappa shape index (κ3) is 3.21. The molecule has 0 bridgehead atoms. The maximum atomic E-state index is 8.94. The Labute approximate surface area is 108 Å². The largest absolute Gasteiger partial charge is 0.395 e. The number of hydrogen-bond donors (Lipinski definition) is 1. The minimum atomic E-state index is 0.228. The van der Waals surface area contributed by atoms with Gasteiger partial charge in [0.15, 0.2) is 0 Å². The highest BCUT2D eigenvalue weighted by molar-refractivity contribution is 6.30. The first-order chi connectivity index (χ1) is 8.20. The van der Waals surface area contributed by atoms with Crippen LogP contribution in [0.4, 0.5) is 0 Å². The van der Waals surface area contributed by atoms with Crippen molar-refractivity contribution in [1.82, 2.24) is 4.90 Å². The molecule has 0 aliphatic heterocycles. The summed E-state index contributed by atoms with van der Waals surface area (Å²) in [5.74, 6) is 0.564. The Morgan fingerprint density at radius 3 is 3.06 bits per heavy atom. The van der Waals surface area contributed by atoms with Crippen molar-refractivity contribution in [3.05, 3.63) is 34.3 Å². The molecule has 0 amide bonds. The summed E-state index contributed by atoms with van der Waals surface area (Å²) in [6.45, 7) is 1.98. The lowest BCUT2D eigenvalue weighted by Crippen LogP contribution is -2.29. The number of aliphatic hydroxyl groups excluding tert-OH is 1. The third-order valence-electron chi connectivity index (χ3n) is 3.56. The van der Waals surface area contributed by atoms with E-state index in [1.807, 2.05) is 6.07 Å². The summed E-state index contributed by atoms with van der Waals surface area (Å²) >= 11 is 6.09. The zero-order chi connectivity index (χ0) is 12.3. The van der Waals surface area contributed by atoms with Crippen molar-refractivity contribution in [1.29, 1.82) is 0 Å². The van der Waals surface area contributed by atoms with Crippen molar-refractivity contribution < 1.29 is 5.11 Å². The van der Waals surface area contributed by atoms with E-state index >= 15 is 0 Å². The highest BCUT2D eigenvalue weighted by atomic mass is 35.5. The Balaban J connectivity index is 2.13. The molecule has 94 valence electrons. The van der Waals surface area contributed by atoms with Crippen LogP contribution in [0.2, 0.25) is 5.02 Å². The molecule has 1 aromatic rings. The standard InChI is InChI=1S/C14H20ClNO/c1-16(7-8-17)10-12-4-2-3-11-5-6-13(15)9-14(11)12/h5-6,9,12,17H,2-4,7-8,10H2,1H3/t12-/m1/s1. The summed E-state index contributed by atoms with van der Waals surface area (Å²) in [6.07, 6.45) is 3.65. The van der Waals surface area contributed by atoms with Crippen LogP contribution in [0, 0.1) is 0 Å². The normalized spacial score (nSPS) is 19.4. The number of rotatable bonds is 4. The molecule has 0 heterocycles. The van der Waals surface area contributed by atoms with Crippen molar-refractivity contribution >= 4 is 11.6 Å². The van der Waals surface area contributed by atoms with Gasteiger partial charge in [0.2, 0.25) is 0 Å². The number of aryl methyl sites for hydroxylation is 1. The van der Waals surface area contributed by atoms with Crippen LogP contribution in [-0.4, -0.2) is 36.8 Å². The van der Waals surface area contributed by atoms with Gasteiger partial charge in [-0.15, -0.1) is 0 Å². The molecule has 0 spiro atoms. The minimum Gasteiger partial charge on any atom is -0.395 e. The van der Waals surface area contributed by atoms with E-state index in [-0.39, 0.29) is 6.61 Å². The fourth-order valence-corrected chi connectivity index (χ4v) is 2.88. The average Bonchev–Trinajstić information content (AvgIpc) is 2.30. The zero-order valence-corrected chi connectivity index (χ0v) is 11.1. The maximum absolute atomic E-state index is 8.94. The third-order valence-corrected chi connectivity index (χ3v) is 3.80. The van der Waals surface area contributed by atoms with Gasteiger partial charge in [-0.05, 0) is 55.5 Å². The topological polar surface area (TPSA) is 23.5 Å². The molecule has 1 aliphatic rings. The molecular weight excluding hydrogens is 234 g/mol. The molecule has 2 nitrogen and oxygen atoms in total. The first-order valence-electron chi connectivity index (χ1n) is 6.28. The SMILES string of the molecule is CN(CCO)C[C@H]1CCCc2ccc(Cl)cc21. The van der Waals surface area contributed by atoms with Crippen molar-refractivity contribution in [2.45, 2.75) is 25.2 Å². The van der Waals surface area contributed by atoms with E-state index < -0.39 is 0 Å². The van der Waals surface area contributed by atoms with Crippen LogP contribution in [0.1, 0.15) is 29.9 Å². The van der Waals surface area contributed by atoms with Crippen molar-refractivity contribution in [2.75, 3.05) is 26.7 Å². The summed E-state index contributed by atoms with van der Waals surface area (Å²) in [5, 5.41) is 9.78. The van der Waals surface area contributed by atoms with Gasteiger partial charge in [0, 0.05) is 18.1 Å². The van der Waals surface area contributed by atoms with E-state index in [0.29, 0.717) is 5.92 Å². The molecule has 0 aromatic heterocycles. The lowest BCUT2D eigenvalue weighted by atomic mass is 9.82. The second kappa shape index (κ2) is 5.85. The number of fused-ring (bicyclic) bond motifs is 1. The van der Waals surface area contributed by atoms with Crippen LogP contribution in [0.15, 0.2) is 18.2 Å². The molecule has 1 N–H and O–H groups in total. The quantitative estimate of drug-likeness (QED) is 0.892. The number of nitrogens with zero attached hydrogens (tertiary/aromatic N) is 1. The molecule has 1 aliphatic carbocycles. The summed E-state index contributed by atoms with van der Waals surface area (Å²) in [5.41, 5.74) is 2.86.